The van der Waals surface area contributed by atoms with Gasteiger partial charge in [0.1, 0.15) is 5.82 Å². The van der Waals surface area contributed by atoms with E-state index in [1.54, 1.807) is 11.3 Å². The van der Waals surface area contributed by atoms with Crippen LogP contribution in [0.2, 0.25) is 0 Å². The Kier molecular flexibility index (Phi) is 5.88. The average molecular weight is 451 g/mol. The van der Waals surface area contributed by atoms with E-state index >= 15 is 0 Å². The smallest absolute Gasteiger partial charge is 0.162 e. The van der Waals surface area contributed by atoms with Crippen LogP contribution in [0.25, 0.3) is 32.7 Å². The summed E-state index contributed by atoms with van der Waals surface area (Å²) in [5.74, 6) is 2.06. The number of benzene rings is 2. The SMILES string of the molecule is Cc1ccc(-c2ccc(CNc3nc(-c4ccccc4C(C)C)nc4ccsc34)cc2)cn1. The van der Waals surface area contributed by atoms with E-state index in [2.05, 4.69) is 90.2 Å². The van der Waals surface area contributed by atoms with Gasteiger partial charge in [0.2, 0.25) is 0 Å². The summed E-state index contributed by atoms with van der Waals surface area (Å²) in [6.45, 7) is 7.11. The molecule has 0 radical (unpaired) electrons. The van der Waals surface area contributed by atoms with Gasteiger partial charge >= 0.3 is 0 Å². The first-order valence-corrected chi connectivity index (χ1v) is 12.1. The predicted octanol–water partition coefficient (Wildman–Crippen LogP) is 7.46. The van der Waals surface area contributed by atoms with Gasteiger partial charge in [0.15, 0.2) is 5.82 Å². The molecule has 0 saturated carbocycles. The molecule has 5 rings (SSSR count). The standard InChI is InChI=1S/C28H26N4S/c1-18(2)23-6-4-5-7-24(23)27-31-25-14-15-33-26(25)28(32-27)30-16-20-9-12-21(13-10-20)22-11-8-19(3)29-17-22/h4-15,17-18H,16H2,1-3H3,(H,30,31,32). The molecule has 0 aliphatic heterocycles. The molecule has 5 heteroatoms. The number of aromatic nitrogens is 3. The van der Waals surface area contributed by atoms with E-state index in [4.69, 9.17) is 9.97 Å². The van der Waals surface area contributed by atoms with Gasteiger partial charge in [0, 0.05) is 29.6 Å². The molecule has 0 saturated heterocycles. The highest BCUT2D eigenvalue weighted by atomic mass is 32.1. The molecular formula is C28H26N4S. The number of hydrogen-bond donors (Lipinski definition) is 1. The van der Waals surface area contributed by atoms with Crippen molar-refractivity contribution in [1.82, 2.24) is 15.0 Å². The van der Waals surface area contributed by atoms with Gasteiger partial charge in [0.25, 0.3) is 0 Å². The fourth-order valence-corrected chi connectivity index (χ4v) is 4.74. The summed E-state index contributed by atoms with van der Waals surface area (Å²) in [6.07, 6.45) is 1.92. The molecule has 0 spiro atoms. The number of nitrogens with zero attached hydrogens (tertiary/aromatic N) is 3. The molecule has 2 aromatic carbocycles. The van der Waals surface area contributed by atoms with Crippen molar-refractivity contribution in [3.05, 3.63) is 95.1 Å². The normalized spacial score (nSPS) is 11.3. The molecule has 0 aliphatic rings. The molecule has 3 heterocycles. The molecule has 4 nitrogen and oxygen atoms in total. The third-order valence-corrected chi connectivity index (χ3v) is 6.70. The van der Waals surface area contributed by atoms with Gasteiger partial charge in [-0.1, -0.05) is 68.4 Å². The topological polar surface area (TPSA) is 50.7 Å². The molecule has 5 aromatic rings. The zero-order chi connectivity index (χ0) is 22.8. The third kappa shape index (κ3) is 4.50. The molecule has 164 valence electrons. The van der Waals surface area contributed by atoms with Crippen molar-refractivity contribution >= 4 is 27.4 Å². The summed E-state index contributed by atoms with van der Waals surface area (Å²) < 4.78 is 1.09. The number of thiophene rings is 1. The number of hydrogen-bond acceptors (Lipinski definition) is 5. The molecular weight excluding hydrogens is 424 g/mol. The first-order valence-electron chi connectivity index (χ1n) is 11.2. The van der Waals surface area contributed by atoms with E-state index in [-0.39, 0.29) is 0 Å². The lowest BCUT2D eigenvalue weighted by Gasteiger charge is -2.13. The van der Waals surface area contributed by atoms with Gasteiger partial charge in [-0.05, 0) is 47.0 Å². The van der Waals surface area contributed by atoms with Gasteiger partial charge < -0.3 is 5.32 Å². The van der Waals surface area contributed by atoms with Gasteiger partial charge in [-0.2, -0.15) is 0 Å². The van der Waals surface area contributed by atoms with Crippen molar-refractivity contribution in [2.24, 2.45) is 0 Å². The summed E-state index contributed by atoms with van der Waals surface area (Å²) >= 11 is 1.67. The van der Waals surface area contributed by atoms with E-state index in [1.165, 1.54) is 16.7 Å². The Labute approximate surface area is 198 Å². The molecule has 3 aromatic heterocycles. The van der Waals surface area contributed by atoms with Gasteiger partial charge in [-0.15, -0.1) is 11.3 Å². The number of aryl methyl sites for hydroxylation is 1. The van der Waals surface area contributed by atoms with Gasteiger partial charge in [-0.3, -0.25) is 4.98 Å². The molecule has 0 bridgehead atoms. The number of pyridine rings is 1. The fourth-order valence-electron chi connectivity index (χ4n) is 3.95. The molecule has 0 amide bonds. The Morgan fingerprint density at radius 1 is 0.879 bits per heavy atom. The summed E-state index contributed by atoms with van der Waals surface area (Å²) in [5, 5.41) is 5.64. The maximum absolute atomic E-state index is 4.95. The van der Waals surface area contributed by atoms with Crippen LogP contribution in [0, 0.1) is 6.92 Å². The van der Waals surface area contributed by atoms with Crippen molar-refractivity contribution < 1.29 is 0 Å². The summed E-state index contributed by atoms with van der Waals surface area (Å²) in [7, 11) is 0. The molecule has 33 heavy (non-hydrogen) atoms. The van der Waals surface area contributed by atoms with Crippen molar-refractivity contribution in [3.63, 3.8) is 0 Å². The molecule has 0 fully saturated rings. The second kappa shape index (κ2) is 9.12. The van der Waals surface area contributed by atoms with Crippen LogP contribution in [0.3, 0.4) is 0 Å². The number of nitrogens with one attached hydrogen (secondary N) is 1. The highest BCUT2D eigenvalue weighted by molar-refractivity contribution is 7.17. The Bertz CT molecular complexity index is 1390. The van der Waals surface area contributed by atoms with Crippen LogP contribution in [-0.4, -0.2) is 15.0 Å². The lowest BCUT2D eigenvalue weighted by atomic mass is 9.97. The van der Waals surface area contributed by atoms with E-state index in [1.807, 2.05) is 19.2 Å². The second-order valence-electron chi connectivity index (χ2n) is 8.51. The number of fused-ring (bicyclic) bond motifs is 1. The summed E-state index contributed by atoms with van der Waals surface area (Å²) in [5.41, 5.74) is 7.87. The third-order valence-electron chi connectivity index (χ3n) is 5.79. The van der Waals surface area contributed by atoms with E-state index < -0.39 is 0 Å². The number of rotatable bonds is 6. The lowest BCUT2D eigenvalue weighted by Crippen LogP contribution is -2.04. The van der Waals surface area contributed by atoms with Crippen LogP contribution < -0.4 is 5.32 Å². The van der Waals surface area contributed by atoms with Crippen LogP contribution in [0.5, 0.6) is 0 Å². The number of anilines is 1. The van der Waals surface area contributed by atoms with Crippen LogP contribution in [0.15, 0.2) is 78.3 Å². The Hall–Kier alpha value is -3.57. The second-order valence-corrected chi connectivity index (χ2v) is 9.43. The molecule has 1 N–H and O–H groups in total. The van der Waals surface area contributed by atoms with Crippen LogP contribution in [0.4, 0.5) is 5.82 Å². The van der Waals surface area contributed by atoms with Gasteiger partial charge in [-0.25, -0.2) is 9.97 Å². The van der Waals surface area contributed by atoms with Crippen LogP contribution in [-0.2, 0) is 6.54 Å². The Balaban J connectivity index is 1.41. The molecule has 0 atom stereocenters. The maximum Gasteiger partial charge on any atom is 0.162 e. The summed E-state index contributed by atoms with van der Waals surface area (Å²) in [4.78, 5) is 14.2. The molecule has 0 unspecified atom stereocenters. The first kappa shape index (κ1) is 21.3. The van der Waals surface area contributed by atoms with E-state index in [0.29, 0.717) is 12.5 Å². The zero-order valence-corrected chi connectivity index (χ0v) is 19.9. The van der Waals surface area contributed by atoms with Crippen molar-refractivity contribution in [3.8, 4) is 22.5 Å². The minimum absolute atomic E-state index is 0.404. The average Bonchev–Trinajstić information content (AvgIpc) is 3.32. The fraction of sp³-hybridized carbons (Fsp3) is 0.179. The highest BCUT2D eigenvalue weighted by Crippen LogP contribution is 2.32. The van der Waals surface area contributed by atoms with E-state index in [0.717, 1.165) is 38.7 Å². The maximum atomic E-state index is 4.95. The monoisotopic (exact) mass is 450 g/mol. The summed E-state index contributed by atoms with van der Waals surface area (Å²) in [6, 6.07) is 23.2. The zero-order valence-electron chi connectivity index (χ0n) is 19.0. The van der Waals surface area contributed by atoms with Crippen molar-refractivity contribution in [1.29, 1.82) is 0 Å². The minimum Gasteiger partial charge on any atom is -0.365 e. The van der Waals surface area contributed by atoms with Crippen LogP contribution in [0.1, 0.15) is 36.6 Å². The Morgan fingerprint density at radius 2 is 1.67 bits per heavy atom. The highest BCUT2D eigenvalue weighted by Gasteiger charge is 2.14. The quantitative estimate of drug-likeness (QED) is 0.292. The van der Waals surface area contributed by atoms with Gasteiger partial charge in [0.05, 0.1) is 10.2 Å². The van der Waals surface area contributed by atoms with Crippen molar-refractivity contribution in [2.45, 2.75) is 33.2 Å². The van der Waals surface area contributed by atoms with E-state index in [9.17, 15) is 0 Å². The van der Waals surface area contributed by atoms with Crippen molar-refractivity contribution in [2.75, 3.05) is 5.32 Å². The minimum atomic E-state index is 0.404. The Morgan fingerprint density at radius 3 is 2.42 bits per heavy atom. The predicted molar refractivity (Wildman–Crippen MR) is 139 cm³/mol. The lowest BCUT2D eigenvalue weighted by molar-refractivity contribution is 0.866. The van der Waals surface area contributed by atoms with Crippen LogP contribution >= 0.6 is 11.3 Å². The largest absolute Gasteiger partial charge is 0.365 e. The first-order chi connectivity index (χ1) is 16.1. The molecule has 0 aliphatic carbocycles.